The molecule has 3 heteroatoms. The van der Waals surface area contributed by atoms with Crippen LogP contribution in [-0.4, -0.2) is 17.2 Å². The number of hydrogen-bond donors (Lipinski definition) is 0. The molecule has 0 radical (unpaired) electrons. The van der Waals surface area contributed by atoms with Crippen LogP contribution in [0, 0.1) is 0 Å². The summed E-state index contributed by atoms with van der Waals surface area (Å²) in [6.45, 7) is 7.28. The molecule has 0 amide bonds. The highest BCUT2D eigenvalue weighted by molar-refractivity contribution is 6.88. The van der Waals surface area contributed by atoms with Crippen LogP contribution in [0.2, 0.25) is 19.6 Å². The minimum absolute atomic E-state index is 1.28. The third kappa shape index (κ3) is 2.24. The molecule has 0 bridgehead atoms. The highest BCUT2D eigenvalue weighted by Gasteiger charge is 2.22. The molecule has 0 aliphatic carbocycles. The Bertz CT molecular complexity index is 1640. The first-order valence-corrected chi connectivity index (χ1v) is 14.2. The SMILES string of the molecule is Cn1ccc2c3ccc4c(ccc5c4ccc4c5cc([Si](C)(C)C)n4C)c3ccc21. The van der Waals surface area contributed by atoms with Crippen LogP contribution >= 0.6 is 0 Å². The van der Waals surface area contributed by atoms with Gasteiger partial charge in [-0.15, -0.1) is 0 Å². The van der Waals surface area contributed by atoms with Crippen LogP contribution in [0.25, 0.3) is 54.1 Å². The lowest BCUT2D eigenvalue weighted by molar-refractivity contribution is 0.969. The van der Waals surface area contributed by atoms with Crippen molar-refractivity contribution in [1.82, 2.24) is 9.13 Å². The van der Waals surface area contributed by atoms with Gasteiger partial charge in [-0.3, -0.25) is 0 Å². The normalized spacial score (nSPS) is 12.8. The van der Waals surface area contributed by atoms with E-state index in [0.29, 0.717) is 0 Å². The fourth-order valence-electron chi connectivity index (χ4n) is 5.34. The Kier molecular flexibility index (Phi) is 3.42. The summed E-state index contributed by atoms with van der Waals surface area (Å²) in [5.74, 6) is 0. The number of benzene rings is 4. The molecule has 2 nitrogen and oxygen atoms in total. The average Bonchev–Trinajstić information content (AvgIpc) is 3.27. The van der Waals surface area contributed by atoms with E-state index in [1.165, 1.54) is 59.4 Å². The summed E-state index contributed by atoms with van der Waals surface area (Å²) >= 11 is 0. The van der Waals surface area contributed by atoms with Gasteiger partial charge in [0.1, 0.15) is 0 Å². The Morgan fingerprint density at radius 1 is 0.533 bits per heavy atom. The van der Waals surface area contributed by atoms with Crippen molar-refractivity contribution in [3.8, 4) is 0 Å². The summed E-state index contributed by atoms with van der Waals surface area (Å²) in [7, 11) is 2.94. The van der Waals surface area contributed by atoms with E-state index < -0.39 is 8.07 Å². The highest BCUT2D eigenvalue weighted by atomic mass is 28.3. The number of hydrogen-bond acceptors (Lipinski definition) is 0. The quantitative estimate of drug-likeness (QED) is 0.213. The molecule has 148 valence electrons. The topological polar surface area (TPSA) is 9.86 Å². The van der Waals surface area contributed by atoms with Gasteiger partial charge in [0.05, 0.1) is 8.07 Å². The molecule has 30 heavy (non-hydrogen) atoms. The van der Waals surface area contributed by atoms with Crippen molar-refractivity contribution in [2.75, 3.05) is 0 Å². The Balaban J connectivity index is 1.73. The van der Waals surface area contributed by atoms with E-state index >= 15 is 0 Å². The Labute approximate surface area is 177 Å². The van der Waals surface area contributed by atoms with Crippen molar-refractivity contribution in [2.24, 2.45) is 14.1 Å². The second kappa shape index (κ2) is 5.76. The van der Waals surface area contributed by atoms with E-state index in [1.54, 1.807) is 0 Å². The van der Waals surface area contributed by atoms with Gasteiger partial charge in [0.2, 0.25) is 0 Å². The van der Waals surface area contributed by atoms with Crippen LogP contribution < -0.4 is 5.32 Å². The zero-order chi connectivity index (χ0) is 20.8. The van der Waals surface area contributed by atoms with Gasteiger partial charge >= 0.3 is 0 Å². The molecule has 6 rings (SSSR count). The lowest BCUT2D eigenvalue weighted by Crippen LogP contribution is -2.41. The number of nitrogens with zero attached hydrogens (tertiary/aromatic N) is 2. The van der Waals surface area contributed by atoms with E-state index in [0.717, 1.165) is 0 Å². The van der Waals surface area contributed by atoms with Gasteiger partial charge in [0.25, 0.3) is 0 Å². The molecule has 0 saturated heterocycles. The molecular formula is C27H26N2Si. The summed E-state index contributed by atoms with van der Waals surface area (Å²) in [6, 6.07) is 23.1. The molecule has 0 N–H and O–H groups in total. The lowest BCUT2D eigenvalue weighted by Gasteiger charge is -2.17. The summed E-state index contributed by atoms with van der Waals surface area (Å²) in [5.41, 5.74) is 2.62. The minimum atomic E-state index is -1.40. The highest BCUT2D eigenvalue weighted by Crippen LogP contribution is 2.37. The standard InChI is InChI=1S/C27H26N2Si/c1-28-15-14-23-21-8-6-18-17(19(21)10-12-25(23)28)7-9-22-20(18)11-13-26-24(22)16-27(29(26)2)30(3,4)5/h6-16H,1-5H3. The predicted molar refractivity (Wildman–Crippen MR) is 135 cm³/mol. The van der Waals surface area contributed by atoms with Gasteiger partial charge in [-0.25, -0.2) is 0 Å². The molecule has 4 aromatic carbocycles. The first-order chi connectivity index (χ1) is 14.3. The van der Waals surface area contributed by atoms with Crippen molar-refractivity contribution in [1.29, 1.82) is 0 Å². The molecule has 0 aliphatic rings. The Morgan fingerprint density at radius 3 is 1.57 bits per heavy atom. The van der Waals surface area contributed by atoms with Gasteiger partial charge < -0.3 is 9.13 Å². The number of aromatic nitrogens is 2. The van der Waals surface area contributed by atoms with Gasteiger partial charge in [-0.2, -0.15) is 0 Å². The van der Waals surface area contributed by atoms with Crippen LogP contribution in [0.3, 0.4) is 0 Å². The summed E-state index contributed by atoms with van der Waals surface area (Å²) in [4.78, 5) is 0. The van der Waals surface area contributed by atoms with Crippen molar-refractivity contribution in [3.63, 3.8) is 0 Å². The summed E-state index contributed by atoms with van der Waals surface area (Å²) < 4.78 is 4.61. The van der Waals surface area contributed by atoms with Gasteiger partial charge in [0.15, 0.2) is 0 Å². The lowest BCUT2D eigenvalue weighted by atomic mass is 9.94. The molecule has 2 aromatic heterocycles. The smallest absolute Gasteiger partial charge is 0.0984 e. The average molecular weight is 407 g/mol. The maximum Gasteiger partial charge on any atom is 0.0984 e. The largest absolute Gasteiger partial charge is 0.352 e. The Hall–Kier alpha value is -3.04. The molecule has 0 unspecified atom stereocenters. The van der Waals surface area contributed by atoms with Crippen LogP contribution in [0.15, 0.2) is 66.9 Å². The molecule has 0 saturated carbocycles. The van der Waals surface area contributed by atoms with E-state index in [2.05, 4.69) is 110 Å². The fourth-order valence-corrected chi connectivity index (χ4v) is 7.04. The van der Waals surface area contributed by atoms with E-state index in [-0.39, 0.29) is 0 Å². The van der Waals surface area contributed by atoms with Gasteiger partial charge in [-0.1, -0.05) is 56.0 Å². The summed E-state index contributed by atoms with van der Waals surface area (Å²) in [5, 5.41) is 12.3. The molecular weight excluding hydrogens is 380 g/mol. The first-order valence-electron chi connectivity index (χ1n) is 10.7. The zero-order valence-electron chi connectivity index (χ0n) is 18.2. The third-order valence-electron chi connectivity index (χ3n) is 6.85. The zero-order valence-corrected chi connectivity index (χ0v) is 19.2. The fraction of sp³-hybridized carbons (Fsp3) is 0.185. The number of rotatable bonds is 1. The minimum Gasteiger partial charge on any atom is -0.352 e. The summed E-state index contributed by atoms with van der Waals surface area (Å²) in [6.07, 6.45) is 2.15. The van der Waals surface area contributed by atoms with E-state index in [1.807, 2.05) is 0 Å². The number of aryl methyl sites for hydroxylation is 2. The molecule has 0 fully saturated rings. The van der Waals surface area contributed by atoms with Crippen LogP contribution in [0.1, 0.15) is 0 Å². The molecule has 0 atom stereocenters. The maximum atomic E-state index is 2.45. The van der Waals surface area contributed by atoms with Crippen molar-refractivity contribution in [3.05, 3.63) is 66.9 Å². The van der Waals surface area contributed by atoms with Gasteiger partial charge in [0, 0.05) is 47.4 Å². The molecule has 0 spiro atoms. The monoisotopic (exact) mass is 406 g/mol. The van der Waals surface area contributed by atoms with E-state index in [9.17, 15) is 0 Å². The maximum absolute atomic E-state index is 2.45. The van der Waals surface area contributed by atoms with Crippen molar-refractivity contribution in [2.45, 2.75) is 19.6 Å². The van der Waals surface area contributed by atoms with Crippen LogP contribution in [-0.2, 0) is 14.1 Å². The second-order valence-electron chi connectivity index (χ2n) is 9.68. The van der Waals surface area contributed by atoms with Crippen molar-refractivity contribution < 1.29 is 0 Å². The van der Waals surface area contributed by atoms with E-state index in [4.69, 9.17) is 0 Å². The second-order valence-corrected chi connectivity index (χ2v) is 14.7. The molecule has 0 aliphatic heterocycles. The Morgan fingerprint density at radius 2 is 1.00 bits per heavy atom. The first kappa shape index (κ1) is 17.8. The predicted octanol–water partition coefficient (Wildman–Crippen LogP) is 6.67. The third-order valence-corrected chi connectivity index (χ3v) is 8.87. The number of fused-ring (bicyclic) bond motifs is 9. The molecule has 2 heterocycles. The van der Waals surface area contributed by atoms with Gasteiger partial charge in [-0.05, 0) is 56.6 Å². The van der Waals surface area contributed by atoms with Crippen LogP contribution in [0.5, 0.6) is 0 Å². The molecule has 6 aromatic rings. The van der Waals surface area contributed by atoms with Crippen LogP contribution in [0.4, 0.5) is 0 Å². The van der Waals surface area contributed by atoms with Crippen molar-refractivity contribution >= 4 is 67.5 Å².